The van der Waals surface area contributed by atoms with Crippen molar-refractivity contribution in [3.8, 4) is 0 Å². The van der Waals surface area contributed by atoms with Gasteiger partial charge in [-0.25, -0.2) is 19.3 Å². The van der Waals surface area contributed by atoms with E-state index in [1.165, 1.54) is 12.4 Å². The normalized spacial score (nSPS) is 20.4. The Morgan fingerprint density at radius 1 is 1.46 bits per heavy atom. The van der Waals surface area contributed by atoms with Crippen LogP contribution in [0.1, 0.15) is 12.0 Å². The van der Waals surface area contributed by atoms with Crippen molar-refractivity contribution < 1.29 is 14.2 Å². The summed E-state index contributed by atoms with van der Waals surface area (Å²) in [5.41, 5.74) is 0.223. The van der Waals surface area contributed by atoms with Crippen LogP contribution in [0.5, 0.6) is 0 Å². The number of ether oxygens (including phenoxy) is 1. The SMILES string of the molecule is CO[C@@H]1C[C@H](CNc2cc(CO)c(F)cn2)N(c2ccncn2)C1. The molecule has 24 heavy (non-hydrogen) atoms. The summed E-state index contributed by atoms with van der Waals surface area (Å²) in [6.45, 7) is 0.997. The van der Waals surface area contributed by atoms with Gasteiger partial charge in [-0.1, -0.05) is 0 Å². The molecule has 128 valence electrons. The highest BCUT2D eigenvalue weighted by atomic mass is 19.1. The van der Waals surface area contributed by atoms with E-state index in [4.69, 9.17) is 9.84 Å². The van der Waals surface area contributed by atoms with E-state index in [1.807, 2.05) is 6.07 Å². The molecule has 1 saturated heterocycles. The summed E-state index contributed by atoms with van der Waals surface area (Å²) in [4.78, 5) is 14.4. The number of halogens is 1. The average molecular weight is 333 g/mol. The molecule has 7 nitrogen and oxygen atoms in total. The lowest BCUT2D eigenvalue weighted by Crippen LogP contribution is -2.35. The van der Waals surface area contributed by atoms with E-state index in [-0.39, 0.29) is 24.3 Å². The molecule has 0 aliphatic carbocycles. The fourth-order valence-corrected chi connectivity index (χ4v) is 2.89. The molecule has 0 amide bonds. The molecule has 2 atom stereocenters. The molecule has 0 saturated carbocycles. The van der Waals surface area contributed by atoms with Gasteiger partial charge in [0, 0.05) is 32.0 Å². The smallest absolute Gasteiger partial charge is 0.147 e. The number of hydrogen-bond acceptors (Lipinski definition) is 7. The lowest BCUT2D eigenvalue weighted by Gasteiger charge is -2.25. The second-order valence-electron chi connectivity index (χ2n) is 5.67. The number of pyridine rings is 1. The van der Waals surface area contributed by atoms with E-state index in [0.717, 1.165) is 25.0 Å². The fraction of sp³-hybridized carbons (Fsp3) is 0.438. The summed E-state index contributed by atoms with van der Waals surface area (Å²) in [5.74, 6) is 0.870. The minimum absolute atomic E-state index is 0.126. The summed E-state index contributed by atoms with van der Waals surface area (Å²) in [6, 6.07) is 3.55. The van der Waals surface area contributed by atoms with Crippen molar-refractivity contribution in [2.24, 2.45) is 0 Å². The highest BCUT2D eigenvalue weighted by molar-refractivity contribution is 5.43. The van der Waals surface area contributed by atoms with Gasteiger partial charge in [0.15, 0.2) is 0 Å². The summed E-state index contributed by atoms with van der Waals surface area (Å²) < 4.78 is 18.9. The molecule has 3 rings (SSSR count). The molecule has 3 heterocycles. The van der Waals surface area contributed by atoms with Crippen LogP contribution < -0.4 is 10.2 Å². The van der Waals surface area contributed by atoms with Crippen molar-refractivity contribution >= 4 is 11.6 Å². The summed E-state index contributed by atoms with van der Waals surface area (Å²) in [5, 5.41) is 12.3. The third kappa shape index (κ3) is 3.60. The maximum atomic E-state index is 13.4. The number of rotatable bonds is 6. The topological polar surface area (TPSA) is 83.4 Å². The van der Waals surface area contributed by atoms with Crippen LogP contribution in [0.15, 0.2) is 30.9 Å². The molecular formula is C16H20FN5O2. The third-order valence-corrected chi connectivity index (χ3v) is 4.19. The predicted octanol–water partition coefficient (Wildman–Crippen LogP) is 1.21. The number of methoxy groups -OCH3 is 1. The van der Waals surface area contributed by atoms with Gasteiger partial charge in [-0.15, -0.1) is 0 Å². The van der Waals surface area contributed by atoms with Gasteiger partial charge in [-0.05, 0) is 18.6 Å². The summed E-state index contributed by atoms with van der Waals surface area (Å²) in [7, 11) is 1.70. The van der Waals surface area contributed by atoms with Crippen LogP contribution in [0.3, 0.4) is 0 Å². The average Bonchev–Trinajstić information content (AvgIpc) is 3.05. The zero-order valence-corrected chi connectivity index (χ0v) is 13.4. The van der Waals surface area contributed by atoms with Crippen molar-refractivity contribution in [2.75, 3.05) is 30.4 Å². The Kier molecular flexibility index (Phi) is 5.17. The van der Waals surface area contributed by atoms with Gasteiger partial charge in [-0.3, -0.25) is 0 Å². The molecular weight excluding hydrogens is 313 g/mol. The Hall–Kier alpha value is -2.32. The molecule has 1 fully saturated rings. The van der Waals surface area contributed by atoms with Crippen molar-refractivity contribution in [2.45, 2.75) is 25.2 Å². The minimum Gasteiger partial charge on any atom is -0.392 e. The van der Waals surface area contributed by atoms with E-state index in [1.54, 1.807) is 13.3 Å². The largest absolute Gasteiger partial charge is 0.392 e. The Balaban J connectivity index is 1.70. The number of anilines is 2. The molecule has 1 aliphatic rings. The van der Waals surface area contributed by atoms with Crippen LogP contribution in [0.2, 0.25) is 0 Å². The number of hydrogen-bond donors (Lipinski definition) is 2. The number of aliphatic hydroxyl groups excluding tert-OH is 1. The minimum atomic E-state index is -0.508. The molecule has 1 aliphatic heterocycles. The van der Waals surface area contributed by atoms with Crippen LogP contribution in [0.25, 0.3) is 0 Å². The van der Waals surface area contributed by atoms with Crippen molar-refractivity contribution in [3.63, 3.8) is 0 Å². The van der Waals surface area contributed by atoms with E-state index in [0.29, 0.717) is 12.4 Å². The molecule has 0 spiro atoms. The van der Waals surface area contributed by atoms with Gasteiger partial charge < -0.3 is 20.1 Å². The van der Waals surface area contributed by atoms with Crippen LogP contribution in [-0.4, -0.2) is 52.4 Å². The van der Waals surface area contributed by atoms with Crippen molar-refractivity contribution in [3.05, 3.63) is 42.2 Å². The Labute approximate surface area is 139 Å². The Bertz CT molecular complexity index is 673. The monoisotopic (exact) mass is 333 g/mol. The molecule has 8 heteroatoms. The number of aromatic nitrogens is 3. The molecule has 2 aromatic heterocycles. The van der Waals surface area contributed by atoms with Gasteiger partial charge in [0.2, 0.25) is 0 Å². The lowest BCUT2D eigenvalue weighted by molar-refractivity contribution is 0.118. The predicted molar refractivity (Wildman–Crippen MR) is 87.2 cm³/mol. The zero-order valence-electron chi connectivity index (χ0n) is 13.4. The highest BCUT2D eigenvalue weighted by Crippen LogP contribution is 2.25. The second-order valence-corrected chi connectivity index (χ2v) is 5.67. The molecule has 2 aromatic rings. The maximum absolute atomic E-state index is 13.4. The summed E-state index contributed by atoms with van der Waals surface area (Å²) in [6.07, 6.45) is 5.32. The molecule has 0 bridgehead atoms. The van der Waals surface area contributed by atoms with E-state index >= 15 is 0 Å². The van der Waals surface area contributed by atoms with Gasteiger partial charge >= 0.3 is 0 Å². The molecule has 2 N–H and O–H groups in total. The van der Waals surface area contributed by atoms with Gasteiger partial charge in [0.1, 0.15) is 23.8 Å². The number of nitrogens with zero attached hydrogens (tertiary/aromatic N) is 4. The lowest BCUT2D eigenvalue weighted by atomic mass is 10.2. The quantitative estimate of drug-likeness (QED) is 0.822. The van der Waals surface area contributed by atoms with Crippen molar-refractivity contribution in [1.29, 1.82) is 0 Å². The van der Waals surface area contributed by atoms with Gasteiger partial charge in [-0.2, -0.15) is 0 Å². The number of aliphatic hydroxyl groups is 1. The first-order valence-corrected chi connectivity index (χ1v) is 7.76. The fourth-order valence-electron chi connectivity index (χ4n) is 2.89. The Morgan fingerprint density at radius 2 is 2.33 bits per heavy atom. The van der Waals surface area contributed by atoms with E-state index in [9.17, 15) is 4.39 Å². The highest BCUT2D eigenvalue weighted by Gasteiger charge is 2.32. The van der Waals surface area contributed by atoms with E-state index < -0.39 is 5.82 Å². The first-order valence-electron chi connectivity index (χ1n) is 7.76. The van der Waals surface area contributed by atoms with Gasteiger partial charge in [0.05, 0.1) is 24.9 Å². The number of nitrogens with one attached hydrogen (secondary N) is 1. The van der Waals surface area contributed by atoms with Crippen molar-refractivity contribution in [1.82, 2.24) is 15.0 Å². The third-order valence-electron chi connectivity index (χ3n) is 4.19. The van der Waals surface area contributed by atoms with E-state index in [2.05, 4.69) is 25.2 Å². The second kappa shape index (κ2) is 7.50. The van der Waals surface area contributed by atoms with Crippen LogP contribution in [0, 0.1) is 5.82 Å². The van der Waals surface area contributed by atoms with Gasteiger partial charge in [0.25, 0.3) is 0 Å². The van der Waals surface area contributed by atoms with Crippen LogP contribution >= 0.6 is 0 Å². The van der Waals surface area contributed by atoms with Crippen LogP contribution in [-0.2, 0) is 11.3 Å². The zero-order chi connectivity index (χ0) is 16.9. The van der Waals surface area contributed by atoms with Crippen LogP contribution in [0.4, 0.5) is 16.0 Å². The standard InChI is InChI=1S/C16H20FN5O2/c1-24-13-5-12(22(8-13)16-2-3-18-10-21-16)6-19-15-4-11(9-23)14(17)7-20-15/h2-4,7,10,12-13,23H,5-6,8-9H2,1H3,(H,19,20)/t12-,13-/m1/s1. The first-order chi connectivity index (χ1) is 11.7. The summed E-state index contributed by atoms with van der Waals surface area (Å²) >= 11 is 0. The Morgan fingerprint density at radius 3 is 3.04 bits per heavy atom. The molecule has 0 aromatic carbocycles. The molecule has 0 radical (unpaired) electrons. The molecule has 0 unspecified atom stereocenters. The maximum Gasteiger partial charge on any atom is 0.147 e. The first kappa shape index (κ1) is 16.5.